The van der Waals surface area contributed by atoms with Crippen molar-refractivity contribution in [1.82, 2.24) is 4.98 Å². The van der Waals surface area contributed by atoms with Gasteiger partial charge in [0.1, 0.15) is 0 Å². The largest absolute Gasteiger partial charge is 0.415 e. The van der Waals surface area contributed by atoms with E-state index in [4.69, 9.17) is 5.11 Å². The Morgan fingerprint density at radius 1 is 1.47 bits per heavy atom. The summed E-state index contributed by atoms with van der Waals surface area (Å²) in [4.78, 5) is 3.92. The van der Waals surface area contributed by atoms with Crippen molar-refractivity contribution in [2.45, 2.75) is 31.0 Å². The van der Waals surface area contributed by atoms with Gasteiger partial charge < -0.3 is 5.11 Å². The minimum atomic E-state index is -4.57. The lowest BCUT2D eigenvalue weighted by Gasteiger charge is -2.20. The van der Waals surface area contributed by atoms with Gasteiger partial charge in [-0.1, -0.05) is 6.07 Å². The molecule has 82 valence electrons. The molecule has 1 heterocycles. The Balaban J connectivity index is 2.28. The molecule has 2 nitrogen and oxygen atoms in total. The van der Waals surface area contributed by atoms with Crippen LogP contribution in [0.4, 0.5) is 13.2 Å². The van der Waals surface area contributed by atoms with Crippen LogP contribution in [0.3, 0.4) is 0 Å². The quantitative estimate of drug-likeness (QED) is 0.780. The lowest BCUT2D eigenvalue weighted by molar-refractivity contribution is -0.210. The number of pyridine rings is 1. The van der Waals surface area contributed by atoms with Crippen molar-refractivity contribution in [2.24, 2.45) is 0 Å². The molecular formula is C10H10F3NO. The summed E-state index contributed by atoms with van der Waals surface area (Å²) in [5.74, 6) is -0.902. The Kier molecular flexibility index (Phi) is 2.42. The van der Waals surface area contributed by atoms with E-state index in [1.165, 1.54) is 6.20 Å². The van der Waals surface area contributed by atoms with E-state index in [9.17, 15) is 13.2 Å². The van der Waals surface area contributed by atoms with E-state index in [2.05, 4.69) is 4.98 Å². The normalized spacial score (nSPS) is 22.5. The van der Waals surface area contributed by atoms with Crippen LogP contribution in [0.5, 0.6) is 0 Å². The summed E-state index contributed by atoms with van der Waals surface area (Å²) >= 11 is 0. The average molecular weight is 217 g/mol. The zero-order chi connectivity index (χ0) is 11.1. The number of aryl methyl sites for hydroxylation is 1. The summed E-state index contributed by atoms with van der Waals surface area (Å²) in [6, 6.07) is 3.45. The fourth-order valence-corrected chi connectivity index (χ4v) is 1.98. The highest BCUT2D eigenvalue weighted by Crippen LogP contribution is 2.39. The number of rotatable bonds is 1. The highest BCUT2D eigenvalue weighted by Gasteiger charge is 2.46. The molecule has 2 rings (SSSR count). The van der Waals surface area contributed by atoms with Gasteiger partial charge in [0.25, 0.3) is 0 Å². The molecule has 0 aliphatic heterocycles. The first kappa shape index (κ1) is 10.4. The summed E-state index contributed by atoms with van der Waals surface area (Å²) < 4.78 is 37.0. The van der Waals surface area contributed by atoms with Crippen LogP contribution in [0.15, 0.2) is 18.3 Å². The molecule has 1 aromatic rings. The van der Waals surface area contributed by atoms with Crippen molar-refractivity contribution in [3.05, 3.63) is 29.6 Å². The van der Waals surface area contributed by atoms with Crippen molar-refractivity contribution in [1.29, 1.82) is 0 Å². The third kappa shape index (κ3) is 1.84. The minimum Gasteiger partial charge on any atom is -0.383 e. The van der Waals surface area contributed by atoms with E-state index in [0.717, 1.165) is 5.56 Å². The van der Waals surface area contributed by atoms with Gasteiger partial charge in [0.2, 0.25) is 0 Å². The molecular weight excluding hydrogens is 207 g/mol. The molecule has 0 radical (unpaired) electrons. The Labute approximate surface area is 84.8 Å². The van der Waals surface area contributed by atoms with Crippen molar-refractivity contribution < 1.29 is 18.3 Å². The van der Waals surface area contributed by atoms with Gasteiger partial charge in [-0.2, -0.15) is 13.2 Å². The van der Waals surface area contributed by atoms with E-state index in [1.54, 1.807) is 12.1 Å². The predicted octanol–water partition coefficient (Wildman–Crippen LogP) is 2.03. The van der Waals surface area contributed by atoms with Crippen molar-refractivity contribution >= 4 is 0 Å². The number of alkyl halides is 3. The van der Waals surface area contributed by atoms with Gasteiger partial charge in [-0.05, 0) is 24.5 Å². The van der Waals surface area contributed by atoms with Crippen LogP contribution in [0.2, 0.25) is 0 Å². The molecule has 1 aromatic heterocycles. The smallest absolute Gasteiger partial charge is 0.383 e. The summed E-state index contributed by atoms with van der Waals surface area (Å²) in [5.41, 5.74) is 1.20. The summed E-state index contributed by atoms with van der Waals surface area (Å²) in [6.07, 6.45) is -4.54. The molecule has 0 spiro atoms. The van der Waals surface area contributed by atoms with Gasteiger partial charge in [0.15, 0.2) is 6.10 Å². The molecule has 0 saturated carbocycles. The first-order valence-electron chi connectivity index (χ1n) is 4.68. The monoisotopic (exact) mass is 217 g/mol. The molecule has 2 atom stereocenters. The number of halogens is 3. The van der Waals surface area contributed by atoms with E-state index in [-0.39, 0.29) is 0 Å². The Morgan fingerprint density at radius 3 is 2.87 bits per heavy atom. The Bertz CT molecular complexity index is 364. The summed E-state index contributed by atoms with van der Waals surface area (Å²) in [5, 5.41) is 9.17. The fourth-order valence-electron chi connectivity index (χ4n) is 1.98. The molecule has 1 aliphatic rings. The van der Waals surface area contributed by atoms with Crippen LogP contribution in [0.1, 0.15) is 23.6 Å². The standard InChI is InChI=1S/C10H10F3NO/c11-10(12,13)9(15)7-4-3-6-2-1-5-14-8(6)7/h1-2,5,7,9,15H,3-4H2/t7?,9-/m1/s1. The second kappa shape index (κ2) is 3.48. The predicted molar refractivity (Wildman–Crippen MR) is 47.4 cm³/mol. The molecule has 15 heavy (non-hydrogen) atoms. The molecule has 0 aromatic carbocycles. The summed E-state index contributed by atoms with van der Waals surface area (Å²) in [6.45, 7) is 0. The Hall–Kier alpha value is -1.10. The number of hydrogen-bond donors (Lipinski definition) is 1. The zero-order valence-electron chi connectivity index (χ0n) is 7.83. The molecule has 0 amide bonds. The number of hydrogen-bond acceptors (Lipinski definition) is 2. The van der Waals surface area contributed by atoms with Gasteiger partial charge in [0.05, 0.1) is 0 Å². The van der Waals surface area contributed by atoms with E-state index in [0.29, 0.717) is 18.5 Å². The number of aliphatic hydroxyl groups is 1. The van der Waals surface area contributed by atoms with Crippen LogP contribution in [-0.4, -0.2) is 22.4 Å². The van der Waals surface area contributed by atoms with Gasteiger partial charge in [-0.15, -0.1) is 0 Å². The van der Waals surface area contributed by atoms with E-state index >= 15 is 0 Å². The maximum absolute atomic E-state index is 12.3. The van der Waals surface area contributed by atoms with Crippen molar-refractivity contribution in [3.8, 4) is 0 Å². The third-order valence-electron chi connectivity index (χ3n) is 2.72. The maximum Gasteiger partial charge on any atom is 0.415 e. The summed E-state index contributed by atoms with van der Waals surface area (Å²) in [7, 11) is 0. The molecule has 1 unspecified atom stereocenters. The number of aromatic nitrogens is 1. The number of nitrogens with zero attached hydrogens (tertiary/aromatic N) is 1. The second-order valence-electron chi connectivity index (χ2n) is 3.68. The highest BCUT2D eigenvalue weighted by molar-refractivity contribution is 5.29. The minimum absolute atomic E-state index is 0.313. The zero-order valence-corrected chi connectivity index (χ0v) is 7.83. The van der Waals surface area contributed by atoms with Gasteiger partial charge in [0, 0.05) is 17.8 Å². The molecule has 0 saturated heterocycles. The van der Waals surface area contributed by atoms with Gasteiger partial charge >= 0.3 is 6.18 Å². The van der Waals surface area contributed by atoms with Crippen LogP contribution < -0.4 is 0 Å². The third-order valence-corrected chi connectivity index (χ3v) is 2.72. The molecule has 1 N–H and O–H groups in total. The first-order chi connectivity index (χ1) is 7.00. The number of aliphatic hydroxyl groups excluding tert-OH is 1. The van der Waals surface area contributed by atoms with Crippen LogP contribution in [0, 0.1) is 0 Å². The molecule has 0 bridgehead atoms. The topological polar surface area (TPSA) is 33.1 Å². The van der Waals surface area contributed by atoms with Crippen molar-refractivity contribution in [2.75, 3.05) is 0 Å². The first-order valence-corrected chi connectivity index (χ1v) is 4.68. The number of fused-ring (bicyclic) bond motifs is 1. The SMILES string of the molecule is O[C@H](C1CCc2cccnc21)C(F)(F)F. The second-order valence-corrected chi connectivity index (χ2v) is 3.68. The lowest BCUT2D eigenvalue weighted by atomic mass is 9.99. The van der Waals surface area contributed by atoms with E-state index < -0.39 is 18.2 Å². The van der Waals surface area contributed by atoms with Crippen molar-refractivity contribution in [3.63, 3.8) is 0 Å². The molecule has 0 fully saturated rings. The molecule has 1 aliphatic carbocycles. The van der Waals surface area contributed by atoms with Gasteiger partial charge in [-0.3, -0.25) is 4.98 Å². The Morgan fingerprint density at radius 2 is 2.20 bits per heavy atom. The van der Waals surface area contributed by atoms with Crippen LogP contribution >= 0.6 is 0 Å². The van der Waals surface area contributed by atoms with Crippen LogP contribution in [0.25, 0.3) is 0 Å². The maximum atomic E-state index is 12.3. The molecule has 5 heteroatoms. The van der Waals surface area contributed by atoms with E-state index in [1.807, 2.05) is 0 Å². The average Bonchev–Trinajstić information content (AvgIpc) is 2.58. The lowest BCUT2D eigenvalue weighted by Crippen LogP contribution is -2.34. The van der Waals surface area contributed by atoms with Gasteiger partial charge in [-0.25, -0.2) is 0 Å². The fraction of sp³-hybridized carbons (Fsp3) is 0.500. The highest BCUT2D eigenvalue weighted by atomic mass is 19.4. The van der Waals surface area contributed by atoms with Crippen LogP contribution in [-0.2, 0) is 6.42 Å².